The van der Waals surface area contributed by atoms with Gasteiger partial charge in [0.1, 0.15) is 11.5 Å². The van der Waals surface area contributed by atoms with Gasteiger partial charge in [0, 0.05) is 19.1 Å². The summed E-state index contributed by atoms with van der Waals surface area (Å²) in [4.78, 5) is 0. The van der Waals surface area contributed by atoms with Gasteiger partial charge in [0.2, 0.25) is 0 Å². The van der Waals surface area contributed by atoms with Crippen LogP contribution in [0, 0.1) is 11.7 Å². The highest BCUT2D eigenvalue weighted by Gasteiger charge is 2.21. The van der Waals surface area contributed by atoms with Gasteiger partial charge in [-0.3, -0.25) is 4.68 Å². The average Bonchev–Trinajstić information content (AvgIpc) is 3.08. The topological polar surface area (TPSA) is 60.2 Å². The number of ether oxygens (including phenoxy) is 1. The molecule has 1 aromatic carbocycles. The van der Waals surface area contributed by atoms with Crippen molar-refractivity contribution in [1.29, 1.82) is 0 Å². The Morgan fingerprint density at radius 2 is 1.96 bits per heavy atom. The molecule has 0 bridgehead atoms. The molecule has 1 N–H and O–H groups in total. The van der Waals surface area contributed by atoms with E-state index in [9.17, 15) is 9.50 Å². The van der Waals surface area contributed by atoms with Crippen LogP contribution in [0.25, 0.3) is 0 Å². The van der Waals surface area contributed by atoms with Gasteiger partial charge in [0.15, 0.2) is 0 Å². The lowest BCUT2D eigenvalue weighted by Crippen LogP contribution is -2.23. The van der Waals surface area contributed by atoms with E-state index in [1.807, 2.05) is 23.0 Å². The maximum Gasteiger partial charge on any atom is 0.123 e. The molecule has 1 atom stereocenters. The lowest BCUT2D eigenvalue weighted by molar-refractivity contribution is -0.000189. The van der Waals surface area contributed by atoms with E-state index >= 15 is 0 Å². The van der Waals surface area contributed by atoms with Gasteiger partial charge in [-0.15, -0.1) is 5.10 Å². The van der Waals surface area contributed by atoms with Gasteiger partial charge in [-0.1, -0.05) is 24.3 Å². The van der Waals surface area contributed by atoms with Crippen LogP contribution in [-0.2, 0) is 17.9 Å². The molecular weight excluding hydrogens is 321 g/mol. The number of hydrogen-bond donors (Lipinski definition) is 1. The van der Waals surface area contributed by atoms with Crippen molar-refractivity contribution in [2.75, 3.05) is 6.61 Å². The molecule has 1 aliphatic carbocycles. The fourth-order valence-electron chi connectivity index (χ4n) is 3.36. The Hall–Kier alpha value is -1.79. The Balaban J connectivity index is 1.46. The molecule has 0 amide bonds. The van der Waals surface area contributed by atoms with Gasteiger partial charge in [-0.25, -0.2) is 4.39 Å². The minimum Gasteiger partial charge on any atom is -0.396 e. The van der Waals surface area contributed by atoms with Crippen molar-refractivity contribution < 1.29 is 14.2 Å². The molecule has 1 unspecified atom stereocenters. The van der Waals surface area contributed by atoms with Crippen LogP contribution in [0.4, 0.5) is 4.39 Å². The summed E-state index contributed by atoms with van der Waals surface area (Å²) in [5.41, 5.74) is 1.91. The van der Waals surface area contributed by atoms with E-state index < -0.39 is 0 Å². The highest BCUT2D eigenvalue weighted by molar-refractivity contribution is 5.19. The summed E-state index contributed by atoms with van der Waals surface area (Å²) in [7, 11) is 0. The molecule has 2 aromatic rings. The summed E-state index contributed by atoms with van der Waals surface area (Å²) in [5, 5.41) is 17.5. The van der Waals surface area contributed by atoms with Gasteiger partial charge in [-0.2, -0.15) is 0 Å². The lowest BCUT2D eigenvalue weighted by atomic mass is 9.88. The first kappa shape index (κ1) is 18.0. The van der Waals surface area contributed by atoms with Crippen molar-refractivity contribution in [3.8, 4) is 0 Å². The molecular formula is C19H26FN3O2. The Bertz CT molecular complexity index is 651. The number of rotatable bonds is 7. The summed E-state index contributed by atoms with van der Waals surface area (Å²) in [6.45, 7) is 3.54. The molecule has 0 saturated heterocycles. The summed E-state index contributed by atoms with van der Waals surface area (Å²) >= 11 is 0. The van der Waals surface area contributed by atoms with Crippen LogP contribution in [0.15, 0.2) is 30.5 Å². The third-order valence-corrected chi connectivity index (χ3v) is 5.00. The van der Waals surface area contributed by atoms with Crippen LogP contribution in [0.2, 0.25) is 0 Å². The molecule has 5 nitrogen and oxygen atoms in total. The number of nitrogens with zero attached hydrogens (tertiary/aromatic N) is 3. The van der Waals surface area contributed by atoms with Gasteiger partial charge < -0.3 is 9.84 Å². The zero-order valence-electron chi connectivity index (χ0n) is 14.6. The van der Waals surface area contributed by atoms with Crippen LogP contribution in [0.1, 0.15) is 49.8 Å². The van der Waals surface area contributed by atoms with Gasteiger partial charge in [0.25, 0.3) is 0 Å². The number of halogens is 1. The molecule has 0 spiro atoms. The molecule has 6 heteroatoms. The quantitative estimate of drug-likeness (QED) is 0.835. The third-order valence-electron chi connectivity index (χ3n) is 5.00. The number of benzene rings is 1. The van der Waals surface area contributed by atoms with Gasteiger partial charge >= 0.3 is 0 Å². The SMILES string of the molecule is CC(Cn1cc(COC2CCC(CO)CC2)nn1)c1ccc(F)cc1. The summed E-state index contributed by atoms with van der Waals surface area (Å²) < 4.78 is 20.8. The van der Waals surface area contributed by atoms with Crippen LogP contribution >= 0.6 is 0 Å². The van der Waals surface area contributed by atoms with E-state index in [2.05, 4.69) is 17.2 Å². The van der Waals surface area contributed by atoms with E-state index in [1.54, 1.807) is 0 Å². The Morgan fingerprint density at radius 3 is 2.64 bits per heavy atom. The van der Waals surface area contributed by atoms with Crippen LogP contribution < -0.4 is 0 Å². The zero-order valence-corrected chi connectivity index (χ0v) is 14.6. The highest BCUT2D eigenvalue weighted by Crippen LogP contribution is 2.26. The first-order valence-corrected chi connectivity index (χ1v) is 9.01. The standard InChI is InChI=1S/C19H26FN3O2/c1-14(16-4-6-17(20)7-5-16)10-23-11-18(21-22-23)13-25-19-8-2-15(12-24)3-9-19/h4-7,11,14-15,19,24H,2-3,8-10,12-13H2,1H3. The summed E-state index contributed by atoms with van der Waals surface area (Å²) in [6.07, 6.45) is 6.24. The second-order valence-electron chi connectivity index (χ2n) is 7.02. The zero-order chi connectivity index (χ0) is 17.6. The largest absolute Gasteiger partial charge is 0.396 e. The van der Waals surface area contributed by atoms with Gasteiger partial charge in [-0.05, 0) is 49.3 Å². The lowest BCUT2D eigenvalue weighted by Gasteiger charge is -2.26. The van der Waals surface area contributed by atoms with Crippen LogP contribution in [-0.4, -0.2) is 32.8 Å². The average molecular weight is 347 g/mol. The van der Waals surface area contributed by atoms with Crippen molar-refractivity contribution >= 4 is 0 Å². The van der Waals surface area contributed by atoms with Crippen LogP contribution in [0.3, 0.4) is 0 Å². The molecule has 0 aliphatic heterocycles. The third kappa shape index (κ3) is 5.09. The van der Waals surface area contributed by atoms with E-state index in [0.717, 1.165) is 36.9 Å². The fourth-order valence-corrected chi connectivity index (χ4v) is 3.36. The number of hydrogen-bond acceptors (Lipinski definition) is 4. The van der Waals surface area contributed by atoms with Crippen molar-refractivity contribution in [2.24, 2.45) is 5.92 Å². The second kappa shape index (κ2) is 8.54. The predicted molar refractivity (Wildman–Crippen MR) is 92.5 cm³/mol. The molecule has 1 saturated carbocycles. The monoisotopic (exact) mass is 347 g/mol. The minimum atomic E-state index is -0.218. The maximum absolute atomic E-state index is 13.0. The minimum absolute atomic E-state index is 0.218. The molecule has 1 aromatic heterocycles. The molecule has 25 heavy (non-hydrogen) atoms. The van der Waals surface area contributed by atoms with E-state index in [0.29, 0.717) is 19.1 Å². The summed E-state index contributed by atoms with van der Waals surface area (Å²) in [6, 6.07) is 6.59. The van der Waals surface area contributed by atoms with E-state index in [4.69, 9.17) is 4.74 Å². The Labute approximate surface area is 147 Å². The number of aliphatic hydroxyl groups is 1. The fraction of sp³-hybridized carbons (Fsp3) is 0.579. The van der Waals surface area contributed by atoms with Crippen molar-refractivity contribution in [3.63, 3.8) is 0 Å². The first-order valence-electron chi connectivity index (χ1n) is 9.01. The Kier molecular flexibility index (Phi) is 6.15. The normalized spacial score (nSPS) is 22.0. The van der Waals surface area contributed by atoms with Crippen molar-refractivity contribution in [3.05, 3.63) is 47.5 Å². The van der Waals surface area contributed by atoms with Gasteiger partial charge in [0.05, 0.1) is 18.9 Å². The van der Waals surface area contributed by atoms with Crippen molar-refractivity contribution in [1.82, 2.24) is 15.0 Å². The first-order chi connectivity index (χ1) is 12.1. The molecule has 136 valence electrons. The highest BCUT2D eigenvalue weighted by atomic mass is 19.1. The molecule has 1 aliphatic rings. The van der Waals surface area contributed by atoms with Crippen molar-refractivity contribution in [2.45, 2.75) is 57.8 Å². The number of aromatic nitrogens is 3. The Morgan fingerprint density at radius 1 is 1.24 bits per heavy atom. The second-order valence-corrected chi connectivity index (χ2v) is 7.02. The molecule has 0 radical (unpaired) electrons. The maximum atomic E-state index is 13.0. The van der Waals surface area contributed by atoms with E-state index in [-0.39, 0.29) is 24.4 Å². The van der Waals surface area contributed by atoms with E-state index in [1.165, 1.54) is 12.1 Å². The molecule has 1 heterocycles. The molecule has 3 rings (SSSR count). The van der Waals surface area contributed by atoms with Crippen LogP contribution in [0.5, 0.6) is 0 Å². The summed E-state index contributed by atoms with van der Waals surface area (Å²) in [5.74, 6) is 0.447. The smallest absolute Gasteiger partial charge is 0.123 e. The predicted octanol–water partition coefficient (Wildman–Crippen LogP) is 3.29. The molecule has 1 fully saturated rings. The number of aliphatic hydroxyl groups excluding tert-OH is 1.